The van der Waals surface area contributed by atoms with Crippen LogP contribution in [0.1, 0.15) is 25.3 Å². The second-order valence-corrected chi connectivity index (χ2v) is 5.59. The average molecular weight is 285 g/mol. The van der Waals surface area contributed by atoms with E-state index in [0.29, 0.717) is 13.1 Å². The van der Waals surface area contributed by atoms with Crippen LogP contribution >= 0.6 is 11.3 Å². The van der Waals surface area contributed by atoms with E-state index in [4.69, 9.17) is 0 Å². The van der Waals surface area contributed by atoms with Crippen LogP contribution in [0.3, 0.4) is 0 Å². The maximum Gasteiger partial charge on any atom is 0.236 e. The molecular weight excluding hydrogens is 262 g/mol. The first-order chi connectivity index (χ1) is 9.06. The van der Waals surface area contributed by atoms with Crippen LogP contribution in [0.25, 0.3) is 0 Å². The lowest BCUT2D eigenvalue weighted by Gasteiger charge is -2.21. The Morgan fingerprint density at radius 1 is 1.32 bits per heavy atom. The van der Waals surface area contributed by atoms with Gasteiger partial charge in [0.2, 0.25) is 11.0 Å². The summed E-state index contributed by atoms with van der Waals surface area (Å²) in [6, 6.07) is 0. The molecule has 0 aliphatic rings. The van der Waals surface area contributed by atoms with E-state index >= 15 is 0 Å². The summed E-state index contributed by atoms with van der Waals surface area (Å²) in [6.45, 7) is 6.97. The highest BCUT2D eigenvalue weighted by molar-refractivity contribution is 7.15. The molecule has 0 saturated heterocycles. The van der Waals surface area contributed by atoms with E-state index in [9.17, 15) is 4.79 Å². The maximum absolute atomic E-state index is 11.8. The molecule has 0 radical (unpaired) electrons. The highest BCUT2D eigenvalue weighted by Gasteiger charge is 2.14. The Labute approximate surface area is 118 Å². The van der Waals surface area contributed by atoms with Crippen molar-refractivity contribution in [3.63, 3.8) is 0 Å². The van der Waals surface area contributed by atoms with Crippen molar-refractivity contribution in [1.82, 2.24) is 20.0 Å². The molecule has 1 N–H and O–H groups in total. The Morgan fingerprint density at radius 2 is 2.05 bits per heavy atom. The van der Waals surface area contributed by atoms with E-state index in [-0.39, 0.29) is 5.91 Å². The topological polar surface area (TPSA) is 61.4 Å². The summed E-state index contributed by atoms with van der Waals surface area (Å²) in [4.78, 5) is 15.5. The summed E-state index contributed by atoms with van der Waals surface area (Å²) in [5.41, 5.74) is 0. The highest BCUT2D eigenvalue weighted by Crippen LogP contribution is 2.16. The number of anilines is 1. The van der Waals surface area contributed by atoms with E-state index in [1.807, 2.05) is 6.92 Å². The Morgan fingerprint density at radius 3 is 2.63 bits per heavy atom. The molecule has 19 heavy (non-hydrogen) atoms. The number of hydrogen-bond donors (Lipinski definition) is 1. The zero-order valence-electron chi connectivity index (χ0n) is 12.1. The predicted octanol–water partition coefficient (Wildman–Crippen LogP) is 1.27. The summed E-state index contributed by atoms with van der Waals surface area (Å²) in [7, 11) is 3.56. The Balaban J connectivity index is 2.58. The molecule has 0 spiro atoms. The molecule has 0 aliphatic heterocycles. The van der Waals surface area contributed by atoms with Crippen molar-refractivity contribution in [2.45, 2.75) is 26.8 Å². The van der Waals surface area contributed by atoms with Gasteiger partial charge < -0.3 is 10.2 Å². The van der Waals surface area contributed by atoms with E-state index in [1.54, 1.807) is 30.3 Å². The van der Waals surface area contributed by atoms with Crippen molar-refractivity contribution in [2.24, 2.45) is 0 Å². The Kier molecular flexibility index (Phi) is 6.72. The molecule has 1 rings (SSSR count). The van der Waals surface area contributed by atoms with E-state index in [0.717, 1.165) is 29.6 Å². The standard InChI is InChI=1S/C12H23N5OS/c1-5-7-17(9-11(18)16(3)4)8-10-14-15-12(19-10)13-6-2/h5-9H2,1-4H3,(H,13,15). The molecule has 0 saturated carbocycles. The summed E-state index contributed by atoms with van der Waals surface area (Å²) in [5, 5.41) is 13.1. The molecule has 1 aromatic rings. The van der Waals surface area contributed by atoms with Crippen LogP contribution in [0.4, 0.5) is 5.13 Å². The first-order valence-electron chi connectivity index (χ1n) is 6.55. The number of aromatic nitrogens is 2. The quantitative estimate of drug-likeness (QED) is 0.779. The minimum absolute atomic E-state index is 0.116. The number of nitrogens with zero attached hydrogens (tertiary/aromatic N) is 4. The number of likely N-dealkylation sites (N-methyl/N-ethyl adjacent to an activating group) is 1. The number of carbonyl (C=O) groups is 1. The van der Waals surface area contributed by atoms with Gasteiger partial charge in [0.05, 0.1) is 13.1 Å². The minimum Gasteiger partial charge on any atom is -0.360 e. The molecule has 6 nitrogen and oxygen atoms in total. The fourth-order valence-electron chi connectivity index (χ4n) is 1.59. The normalized spacial score (nSPS) is 10.8. The van der Waals surface area contributed by atoms with Gasteiger partial charge in [0, 0.05) is 20.6 Å². The van der Waals surface area contributed by atoms with Gasteiger partial charge in [-0.2, -0.15) is 0 Å². The SMILES string of the molecule is CCCN(CC(=O)N(C)C)Cc1nnc(NCC)s1. The third-order valence-electron chi connectivity index (χ3n) is 2.55. The van der Waals surface area contributed by atoms with Crippen LogP contribution in [0, 0.1) is 0 Å². The van der Waals surface area contributed by atoms with Crippen LogP contribution in [-0.2, 0) is 11.3 Å². The lowest BCUT2D eigenvalue weighted by molar-refractivity contribution is -0.130. The second-order valence-electron chi connectivity index (χ2n) is 4.53. The van der Waals surface area contributed by atoms with E-state index in [1.165, 1.54) is 0 Å². The Bertz CT molecular complexity index is 393. The predicted molar refractivity (Wildman–Crippen MR) is 78.3 cm³/mol. The largest absolute Gasteiger partial charge is 0.360 e. The van der Waals surface area contributed by atoms with Crippen LogP contribution in [0.15, 0.2) is 0 Å². The van der Waals surface area contributed by atoms with Gasteiger partial charge in [-0.3, -0.25) is 9.69 Å². The molecule has 1 heterocycles. The molecule has 108 valence electrons. The van der Waals surface area contributed by atoms with Crippen molar-refractivity contribution in [1.29, 1.82) is 0 Å². The molecule has 1 amide bonds. The van der Waals surface area contributed by atoms with Crippen LogP contribution in [0.2, 0.25) is 0 Å². The number of hydrogen-bond acceptors (Lipinski definition) is 6. The van der Waals surface area contributed by atoms with E-state index in [2.05, 4.69) is 27.3 Å². The molecule has 0 aliphatic carbocycles. The first-order valence-corrected chi connectivity index (χ1v) is 7.37. The molecule has 0 unspecified atom stereocenters. The first kappa shape index (κ1) is 15.8. The molecule has 1 aromatic heterocycles. The Hall–Kier alpha value is -1.21. The van der Waals surface area contributed by atoms with Crippen molar-refractivity contribution in [2.75, 3.05) is 39.0 Å². The third kappa shape index (κ3) is 5.52. The van der Waals surface area contributed by atoms with Gasteiger partial charge in [-0.1, -0.05) is 18.3 Å². The smallest absolute Gasteiger partial charge is 0.236 e. The van der Waals surface area contributed by atoms with Crippen LogP contribution < -0.4 is 5.32 Å². The summed E-state index contributed by atoms with van der Waals surface area (Å²) in [6.07, 6.45) is 1.01. The molecule has 0 bridgehead atoms. The zero-order chi connectivity index (χ0) is 14.3. The average Bonchev–Trinajstić information content (AvgIpc) is 2.77. The number of amides is 1. The third-order valence-corrected chi connectivity index (χ3v) is 3.42. The number of rotatable bonds is 8. The monoisotopic (exact) mass is 285 g/mol. The summed E-state index contributed by atoms with van der Waals surface area (Å²) in [5.74, 6) is 0.116. The van der Waals surface area contributed by atoms with Crippen molar-refractivity contribution in [3.05, 3.63) is 5.01 Å². The van der Waals surface area contributed by atoms with E-state index < -0.39 is 0 Å². The lowest BCUT2D eigenvalue weighted by Crippen LogP contribution is -2.36. The van der Waals surface area contributed by atoms with Gasteiger partial charge in [-0.05, 0) is 19.9 Å². The molecule has 0 fully saturated rings. The van der Waals surface area contributed by atoms with Gasteiger partial charge in [-0.25, -0.2) is 0 Å². The lowest BCUT2D eigenvalue weighted by atomic mass is 10.3. The van der Waals surface area contributed by atoms with Gasteiger partial charge in [0.15, 0.2) is 0 Å². The fraction of sp³-hybridized carbons (Fsp3) is 0.750. The molecule has 7 heteroatoms. The highest BCUT2D eigenvalue weighted by atomic mass is 32.1. The maximum atomic E-state index is 11.8. The van der Waals surface area contributed by atoms with Crippen LogP contribution in [0.5, 0.6) is 0 Å². The van der Waals surface area contributed by atoms with Gasteiger partial charge in [0.1, 0.15) is 5.01 Å². The molecule has 0 aromatic carbocycles. The molecule has 0 atom stereocenters. The van der Waals surface area contributed by atoms with Gasteiger partial charge in [0.25, 0.3) is 0 Å². The number of carbonyl (C=O) groups excluding carboxylic acids is 1. The zero-order valence-corrected chi connectivity index (χ0v) is 13.0. The van der Waals surface area contributed by atoms with Gasteiger partial charge >= 0.3 is 0 Å². The summed E-state index contributed by atoms with van der Waals surface area (Å²) >= 11 is 1.55. The van der Waals surface area contributed by atoms with Crippen LogP contribution in [-0.4, -0.2) is 59.6 Å². The van der Waals surface area contributed by atoms with Crippen molar-refractivity contribution < 1.29 is 4.79 Å². The van der Waals surface area contributed by atoms with Crippen molar-refractivity contribution >= 4 is 22.4 Å². The number of nitrogens with one attached hydrogen (secondary N) is 1. The van der Waals surface area contributed by atoms with Crippen molar-refractivity contribution in [3.8, 4) is 0 Å². The van der Waals surface area contributed by atoms with Gasteiger partial charge in [-0.15, -0.1) is 10.2 Å². The minimum atomic E-state index is 0.116. The second kappa shape index (κ2) is 8.06. The fourth-order valence-corrected chi connectivity index (χ4v) is 2.44. The summed E-state index contributed by atoms with van der Waals surface area (Å²) < 4.78 is 0. The molecular formula is C12H23N5OS.